The van der Waals surface area contributed by atoms with Crippen LogP contribution in [0.1, 0.15) is 30.0 Å². The molecule has 0 saturated heterocycles. The van der Waals surface area contributed by atoms with Crippen LogP contribution in [0.4, 0.5) is 4.39 Å². The molecule has 0 amide bonds. The van der Waals surface area contributed by atoms with Gasteiger partial charge in [-0.1, -0.05) is 29.8 Å². The topological polar surface area (TPSA) is 21.3 Å². The zero-order chi connectivity index (χ0) is 14.8. The third-order valence-corrected chi connectivity index (χ3v) is 3.91. The van der Waals surface area contributed by atoms with Crippen LogP contribution < -0.4 is 10.1 Å². The van der Waals surface area contributed by atoms with Gasteiger partial charge in [0.2, 0.25) is 0 Å². The van der Waals surface area contributed by atoms with E-state index in [0.717, 1.165) is 29.7 Å². The Labute approximate surface area is 128 Å². The van der Waals surface area contributed by atoms with Gasteiger partial charge in [-0.2, -0.15) is 0 Å². The summed E-state index contributed by atoms with van der Waals surface area (Å²) in [6.45, 7) is 0. The molecule has 110 valence electrons. The molecule has 3 rings (SSSR count). The minimum absolute atomic E-state index is 0.0771. The number of ether oxygens (including phenoxy) is 1. The Morgan fingerprint density at radius 1 is 1.14 bits per heavy atom. The monoisotopic (exact) mass is 305 g/mol. The van der Waals surface area contributed by atoms with Crippen molar-refractivity contribution in [3.63, 3.8) is 0 Å². The lowest BCUT2D eigenvalue weighted by Gasteiger charge is -2.18. The van der Waals surface area contributed by atoms with Gasteiger partial charge in [0.05, 0.1) is 17.2 Å². The number of rotatable bonds is 5. The highest BCUT2D eigenvalue weighted by molar-refractivity contribution is 6.30. The highest BCUT2D eigenvalue weighted by Gasteiger charge is 2.23. The largest absolute Gasteiger partial charge is 0.490 e. The Kier molecular flexibility index (Phi) is 4.13. The van der Waals surface area contributed by atoms with Gasteiger partial charge in [0, 0.05) is 0 Å². The van der Waals surface area contributed by atoms with Gasteiger partial charge in [0.25, 0.3) is 0 Å². The minimum atomic E-state index is -0.400. The van der Waals surface area contributed by atoms with Crippen LogP contribution in [-0.4, -0.2) is 13.2 Å². The van der Waals surface area contributed by atoms with E-state index in [1.165, 1.54) is 6.07 Å². The summed E-state index contributed by atoms with van der Waals surface area (Å²) >= 11 is 5.74. The van der Waals surface area contributed by atoms with Crippen molar-refractivity contribution in [1.82, 2.24) is 5.32 Å². The molecule has 0 radical (unpaired) electrons. The first-order valence-corrected chi connectivity index (χ1v) is 7.44. The van der Waals surface area contributed by atoms with E-state index in [0.29, 0.717) is 6.10 Å². The van der Waals surface area contributed by atoms with Crippen molar-refractivity contribution in [3.05, 3.63) is 64.4 Å². The molecule has 1 aliphatic carbocycles. The molecule has 1 N–H and O–H groups in total. The van der Waals surface area contributed by atoms with Gasteiger partial charge in [-0.15, -0.1) is 0 Å². The molecular weight excluding hydrogens is 289 g/mol. The van der Waals surface area contributed by atoms with Crippen LogP contribution in [0.25, 0.3) is 0 Å². The summed E-state index contributed by atoms with van der Waals surface area (Å²) in [6.07, 6.45) is 2.68. The zero-order valence-corrected chi connectivity index (χ0v) is 12.5. The van der Waals surface area contributed by atoms with Crippen LogP contribution in [0.5, 0.6) is 5.75 Å². The molecule has 0 bridgehead atoms. The van der Waals surface area contributed by atoms with E-state index in [4.69, 9.17) is 16.3 Å². The summed E-state index contributed by atoms with van der Waals surface area (Å²) in [4.78, 5) is 0. The molecule has 0 aromatic heterocycles. The zero-order valence-electron chi connectivity index (χ0n) is 11.8. The van der Waals surface area contributed by atoms with Gasteiger partial charge in [0.1, 0.15) is 11.6 Å². The van der Waals surface area contributed by atoms with Gasteiger partial charge < -0.3 is 10.1 Å². The third kappa shape index (κ3) is 3.36. The van der Waals surface area contributed by atoms with Gasteiger partial charge in [-0.3, -0.25) is 0 Å². The Morgan fingerprint density at radius 2 is 1.81 bits per heavy atom. The van der Waals surface area contributed by atoms with Crippen molar-refractivity contribution < 1.29 is 9.13 Å². The fourth-order valence-electron chi connectivity index (χ4n) is 2.33. The van der Waals surface area contributed by atoms with Crippen LogP contribution in [0.15, 0.2) is 42.5 Å². The Balaban J connectivity index is 1.82. The van der Waals surface area contributed by atoms with E-state index in [1.54, 1.807) is 6.07 Å². The molecule has 1 fully saturated rings. The molecule has 2 aromatic carbocycles. The number of hydrogen-bond acceptors (Lipinski definition) is 2. The van der Waals surface area contributed by atoms with E-state index in [1.807, 2.05) is 37.4 Å². The van der Waals surface area contributed by atoms with Crippen molar-refractivity contribution in [1.29, 1.82) is 0 Å². The van der Waals surface area contributed by atoms with E-state index >= 15 is 0 Å². The average molecular weight is 306 g/mol. The molecule has 1 atom stereocenters. The summed E-state index contributed by atoms with van der Waals surface area (Å²) in [5.74, 6) is 0.487. The fraction of sp³-hybridized carbons (Fsp3) is 0.294. The molecule has 2 aromatic rings. The van der Waals surface area contributed by atoms with Crippen LogP contribution in [0.3, 0.4) is 0 Å². The Bertz CT molecular complexity index is 625. The lowest BCUT2D eigenvalue weighted by molar-refractivity contribution is 0.303. The average Bonchev–Trinajstić information content (AvgIpc) is 3.29. The van der Waals surface area contributed by atoms with Crippen LogP contribution in [0, 0.1) is 5.82 Å². The van der Waals surface area contributed by atoms with Gasteiger partial charge >= 0.3 is 0 Å². The lowest BCUT2D eigenvalue weighted by atomic mass is 9.99. The molecular formula is C17H17ClFNO. The second-order valence-electron chi connectivity index (χ2n) is 5.28. The van der Waals surface area contributed by atoms with Crippen molar-refractivity contribution in [2.24, 2.45) is 0 Å². The predicted molar refractivity (Wildman–Crippen MR) is 82.4 cm³/mol. The maximum absolute atomic E-state index is 13.6. The second kappa shape index (κ2) is 6.04. The number of nitrogens with one attached hydrogen (secondary N) is 1. The van der Waals surface area contributed by atoms with E-state index in [9.17, 15) is 4.39 Å². The van der Waals surface area contributed by atoms with Crippen molar-refractivity contribution in [2.45, 2.75) is 25.0 Å². The summed E-state index contributed by atoms with van der Waals surface area (Å²) in [5.41, 5.74) is 1.90. The molecule has 4 heteroatoms. The summed E-state index contributed by atoms with van der Waals surface area (Å²) in [7, 11) is 1.85. The van der Waals surface area contributed by atoms with Gasteiger partial charge in [0.15, 0.2) is 0 Å². The molecule has 2 nitrogen and oxygen atoms in total. The quantitative estimate of drug-likeness (QED) is 0.888. The normalized spacial score (nSPS) is 15.8. The standard InChI is InChI=1S/C17H17ClFNO/c1-20-17(12-4-9-15(18)16(19)10-12)11-2-5-13(6-3-11)21-14-7-8-14/h2-6,9-10,14,17,20H,7-8H2,1H3. The first kappa shape index (κ1) is 14.4. The smallest absolute Gasteiger partial charge is 0.142 e. The number of halogens is 2. The predicted octanol–water partition coefficient (Wildman–Crippen LogP) is 4.33. The Hall–Kier alpha value is -1.58. The maximum Gasteiger partial charge on any atom is 0.142 e. The molecule has 1 saturated carbocycles. The van der Waals surface area contributed by atoms with Crippen molar-refractivity contribution in [3.8, 4) is 5.75 Å². The van der Waals surface area contributed by atoms with Crippen molar-refractivity contribution in [2.75, 3.05) is 7.05 Å². The molecule has 1 unspecified atom stereocenters. The van der Waals surface area contributed by atoms with Crippen LogP contribution in [-0.2, 0) is 0 Å². The molecule has 21 heavy (non-hydrogen) atoms. The Morgan fingerprint density at radius 3 is 2.38 bits per heavy atom. The summed E-state index contributed by atoms with van der Waals surface area (Å²) in [5, 5.41) is 3.34. The van der Waals surface area contributed by atoms with Crippen LogP contribution >= 0.6 is 11.6 Å². The third-order valence-electron chi connectivity index (χ3n) is 3.61. The van der Waals surface area contributed by atoms with Crippen molar-refractivity contribution >= 4 is 11.6 Å². The van der Waals surface area contributed by atoms with E-state index in [2.05, 4.69) is 5.32 Å². The van der Waals surface area contributed by atoms with Crippen LogP contribution in [0.2, 0.25) is 5.02 Å². The fourth-order valence-corrected chi connectivity index (χ4v) is 2.45. The maximum atomic E-state index is 13.6. The molecule has 1 aliphatic rings. The number of hydrogen-bond donors (Lipinski definition) is 1. The SMILES string of the molecule is CNC(c1ccc(OC2CC2)cc1)c1ccc(Cl)c(F)c1. The van der Waals surface area contributed by atoms with Gasteiger partial charge in [-0.25, -0.2) is 4.39 Å². The first-order valence-electron chi connectivity index (χ1n) is 7.06. The second-order valence-corrected chi connectivity index (χ2v) is 5.69. The summed E-state index contributed by atoms with van der Waals surface area (Å²) in [6, 6.07) is 12.7. The molecule has 0 heterocycles. The lowest BCUT2D eigenvalue weighted by Crippen LogP contribution is -2.17. The van der Waals surface area contributed by atoms with E-state index in [-0.39, 0.29) is 11.1 Å². The molecule has 0 spiro atoms. The number of benzene rings is 2. The highest BCUT2D eigenvalue weighted by atomic mass is 35.5. The van der Waals surface area contributed by atoms with E-state index < -0.39 is 5.82 Å². The molecule has 0 aliphatic heterocycles. The van der Waals surface area contributed by atoms with Gasteiger partial charge in [-0.05, 0) is 55.3 Å². The minimum Gasteiger partial charge on any atom is -0.490 e. The first-order chi connectivity index (χ1) is 10.2. The highest BCUT2D eigenvalue weighted by Crippen LogP contribution is 2.29. The summed E-state index contributed by atoms with van der Waals surface area (Å²) < 4.78 is 19.4.